The molecule has 0 aliphatic heterocycles. The van der Waals surface area contributed by atoms with Crippen LogP contribution in [0.1, 0.15) is 11.5 Å². The average molecular weight is 290 g/mol. The Balaban J connectivity index is 2.35. The third-order valence-electron chi connectivity index (χ3n) is 2.70. The van der Waals surface area contributed by atoms with Crippen molar-refractivity contribution in [3.05, 3.63) is 36.3 Å². The van der Waals surface area contributed by atoms with Crippen LogP contribution in [-0.2, 0) is 6.18 Å². The van der Waals surface area contributed by atoms with E-state index in [-0.39, 0.29) is 17.0 Å². The molecule has 0 atom stereocenters. The van der Waals surface area contributed by atoms with E-state index in [2.05, 4.69) is 24.9 Å². The van der Waals surface area contributed by atoms with Crippen LogP contribution in [0.3, 0.4) is 0 Å². The minimum Gasteiger partial charge on any atom is -0.331 e. The van der Waals surface area contributed by atoms with Gasteiger partial charge in [0.2, 0.25) is 5.82 Å². The summed E-state index contributed by atoms with van der Waals surface area (Å²) in [5.74, 6) is -1.29. The van der Waals surface area contributed by atoms with Gasteiger partial charge in [0.25, 0.3) is 0 Å². The highest BCUT2D eigenvalue weighted by Gasteiger charge is 2.36. The second-order valence-electron chi connectivity index (χ2n) is 4.08. The second-order valence-corrected chi connectivity index (χ2v) is 4.08. The van der Waals surface area contributed by atoms with Crippen LogP contribution in [-0.4, -0.2) is 24.9 Å². The van der Waals surface area contributed by atoms with Crippen LogP contribution in [0, 0.1) is 11.3 Å². The van der Waals surface area contributed by atoms with Gasteiger partial charge in [0.05, 0.1) is 5.69 Å². The van der Waals surface area contributed by atoms with Crippen molar-refractivity contribution in [2.24, 2.45) is 0 Å². The number of halogens is 3. The first-order chi connectivity index (χ1) is 9.99. The van der Waals surface area contributed by atoms with Gasteiger partial charge in [0, 0.05) is 23.3 Å². The highest BCUT2D eigenvalue weighted by atomic mass is 19.4. The van der Waals surface area contributed by atoms with Crippen molar-refractivity contribution in [1.29, 1.82) is 5.26 Å². The number of aromatic amines is 1. The van der Waals surface area contributed by atoms with Crippen LogP contribution in [0.25, 0.3) is 22.3 Å². The highest BCUT2D eigenvalue weighted by molar-refractivity contribution is 5.91. The van der Waals surface area contributed by atoms with Crippen molar-refractivity contribution in [2.75, 3.05) is 0 Å². The molecule has 3 aromatic rings. The van der Waals surface area contributed by atoms with Crippen molar-refractivity contribution < 1.29 is 13.2 Å². The molecule has 3 heterocycles. The number of fused-ring (bicyclic) bond motifs is 1. The number of nitrogens with zero attached hydrogens (tertiary/aromatic N) is 5. The first-order valence-corrected chi connectivity index (χ1v) is 5.62. The third kappa shape index (κ3) is 2.27. The third-order valence-corrected chi connectivity index (χ3v) is 2.70. The van der Waals surface area contributed by atoms with Gasteiger partial charge in [0.1, 0.15) is 23.7 Å². The van der Waals surface area contributed by atoms with Crippen molar-refractivity contribution in [1.82, 2.24) is 24.9 Å². The fourth-order valence-electron chi connectivity index (χ4n) is 1.84. The zero-order chi connectivity index (χ0) is 15.0. The normalized spacial score (nSPS) is 11.5. The summed E-state index contributed by atoms with van der Waals surface area (Å²) in [6.45, 7) is 0. The molecule has 0 saturated carbocycles. The fourth-order valence-corrected chi connectivity index (χ4v) is 1.84. The summed E-state index contributed by atoms with van der Waals surface area (Å²) in [5.41, 5.74) is 0.356. The van der Waals surface area contributed by atoms with Crippen molar-refractivity contribution >= 4 is 11.0 Å². The molecule has 0 saturated heterocycles. The average Bonchev–Trinajstić information content (AvgIpc) is 2.89. The van der Waals surface area contributed by atoms with Gasteiger partial charge < -0.3 is 4.98 Å². The maximum atomic E-state index is 12.9. The van der Waals surface area contributed by atoms with Gasteiger partial charge in [-0.2, -0.15) is 18.4 Å². The van der Waals surface area contributed by atoms with E-state index in [1.54, 1.807) is 0 Å². The minimum atomic E-state index is -4.70. The molecule has 0 fully saturated rings. The molecular formula is C12H5F3N6. The molecule has 9 heteroatoms. The molecule has 21 heavy (non-hydrogen) atoms. The van der Waals surface area contributed by atoms with Crippen LogP contribution in [0.15, 0.2) is 24.8 Å². The van der Waals surface area contributed by atoms with Crippen LogP contribution in [0.5, 0.6) is 0 Å². The summed E-state index contributed by atoms with van der Waals surface area (Å²) in [6.07, 6.45) is -0.761. The monoisotopic (exact) mass is 290 g/mol. The van der Waals surface area contributed by atoms with Crippen molar-refractivity contribution in [3.63, 3.8) is 0 Å². The van der Waals surface area contributed by atoms with Gasteiger partial charge in [-0.05, 0) is 6.07 Å². The molecule has 0 aliphatic rings. The zero-order valence-electron chi connectivity index (χ0n) is 10.2. The predicted molar refractivity (Wildman–Crippen MR) is 64.6 cm³/mol. The molecule has 3 rings (SSSR count). The van der Waals surface area contributed by atoms with Crippen LogP contribution >= 0.6 is 0 Å². The van der Waals surface area contributed by atoms with E-state index in [0.717, 1.165) is 0 Å². The summed E-state index contributed by atoms with van der Waals surface area (Å²) < 4.78 is 38.6. The molecule has 6 nitrogen and oxygen atoms in total. The van der Waals surface area contributed by atoms with Crippen molar-refractivity contribution in [2.45, 2.75) is 6.18 Å². The van der Waals surface area contributed by atoms with E-state index >= 15 is 0 Å². The molecule has 0 bridgehead atoms. The van der Waals surface area contributed by atoms with Gasteiger partial charge in [-0.25, -0.2) is 19.9 Å². The molecule has 3 aromatic heterocycles. The lowest BCUT2D eigenvalue weighted by Gasteiger charge is -2.08. The highest BCUT2D eigenvalue weighted by Crippen LogP contribution is 2.32. The Kier molecular flexibility index (Phi) is 2.79. The Morgan fingerprint density at radius 3 is 2.48 bits per heavy atom. The second kappa shape index (κ2) is 4.52. The number of rotatable bonds is 1. The standard InChI is InChI=1S/C12H5F3N6/c13-12(14,15)11-20-9(6-3-17-5-18-4-6)8-1-7(2-16)19-10(8)21-11/h1,3-5H,(H,19,20,21). The number of hydrogen-bond acceptors (Lipinski definition) is 5. The van der Waals surface area contributed by atoms with E-state index in [0.29, 0.717) is 10.9 Å². The van der Waals surface area contributed by atoms with Gasteiger partial charge in [-0.3, -0.25) is 0 Å². The Morgan fingerprint density at radius 1 is 1.14 bits per heavy atom. The van der Waals surface area contributed by atoms with Crippen LogP contribution in [0.2, 0.25) is 0 Å². The molecular weight excluding hydrogens is 285 g/mol. The smallest absolute Gasteiger partial charge is 0.331 e. The summed E-state index contributed by atoms with van der Waals surface area (Å²) in [6, 6.07) is 3.20. The molecule has 0 amide bonds. The van der Waals surface area contributed by atoms with E-state index in [4.69, 9.17) is 5.26 Å². The summed E-state index contributed by atoms with van der Waals surface area (Å²) in [4.78, 5) is 17.0. The van der Waals surface area contributed by atoms with E-state index < -0.39 is 12.0 Å². The van der Waals surface area contributed by atoms with Gasteiger partial charge in [0.15, 0.2) is 0 Å². The lowest BCUT2D eigenvalue weighted by molar-refractivity contribution is -0.144. The van der Waals surface area contributed by atoms with Gasteiger partial charge in [-0.15, -0.1) is 0 Å². The summed E-state index contributed by atoms with van der Waals surface area (Å²) >= 11 is 0. The molecule has 0 radical (unpaired) electrons. The SMILES string of the molecule is N#Cc1cc2c(-c3cncnc3)nc(C(F)(F)F)nc2[nH]1. The maximum Gasteiger partial charge on any atom is 0.451 e. The van der Waals surface area contributed by atoms with E-state index in [9.17, 15) is 13.2 Å². The zero-order valence-corrected chi connectivity index (χ0v) is 10.2. The molecule has 0 aromatic carbocycles. The molecule has 0 aliphatic carbocycles. The number of alkyl halides is 3. The number of nitriles is 1. The number of aromatic nitrogens is 5. The van der Waals surface area contributed by atoms with E-state index in [1.807, 2.05) is 6.07 Å². The largest absolute Gasteiger partial charge is 0.451 e. The molecule has 104 valence electrons. The Morgan fingerprint density at radius 2 is 1.86 bits per heavy atom. The Labute approximate surface area is 115 Å². The Hall–Kier alpha value is -3.02. The maximum absolute atomic E-state index is 12.9. The summed E-state index contributed by atoms with van der Waals surface area (Å²) in [5, 5.41) is 9.15. The number of nitrogens with one attached hydrogen (secondary N) is 1. The lowest BCUT2D eigenvalue weighted by Crippen LogP contribution is -2.11. The molecule has 0 spiro atoms. The number of H-pyrrole nitrogens is 1. The fraction of sp³-hybridized carbons (Fsp3) is 0.0833. The minimum absolute atomic E-state index is 0.0191. The van der Waals surface area contributed by atoms with E-state index in [1.165, 1.54) is 24.8 Å². The first-order valence-electron chi connectivity index (χ1n) is 5.62. The van der Waals surface area contributed by atoms with Crippen molar-refractivity contribution in [3.8, 4) is 17.3 Å². The predicted octanol–water partition coefficient (Wildman–Crippen LogP) is 2.31. The van der Waals surface area contributed by atoms with Crippen LogP contribution in [0.4, 0.5) is 13.2 Å². The lowest BCUT2D eigenvalue weighted by atomic mass is 10.1. The van der Waals surface area contributed by atoms with Crippen LogP contribution < -0.4 is 0 Å². The Bertz CT molecular complexity index is 847. The quantitative estimate of drug-likeness (QED) is 0.742. The number of hydrogen-bond donors (Lipinski definition) is 1. The topological polar surface area (TPSA) is 91.1 Å². The molecule has 0 unspecified atom stereocenters. The van der Waals surface area contributed by atoms with Gasteiger partial charge >= 0.3 is 6.18 Å². The molecule has 1 N–H and O–H groups in total. The van der Waals surface area contributed by atoms with Gasteiger partial charge in [-0.1, -0.05) is 0 Å². The summed E-state index contributed by atoms with van der Waals surface area (Å²) in [7, 11) is 0. The first kappa shape index (κ1) is 13.0.